The molecule has 176 valence electrons. The molecule has 4 rings (SSSR count). The van der Waals surface area contributed by atoms with Gasteiger partial charge < -0.3 is 9.73 Å². The van der Waals surface area contributed by atoms with Crippen LogP contribution in [0.1, 0.15) is 21.8 Å². The molecule has 0 fully saturated rings. The summed E-state index contributed by atoms with van der Waals surface area (Å²) in [5.74, 6) is 0.0397. The van der Waals surface area contributed by atoms with Crippen molar-refractivity contribution in [2.24, 2.45) is 7.05 Å². The number of hydrogen-bond donors (Lipinski definition) is 2. The van der Waals surface area contributed by atoms with Crippen LogP contribution in [0.2, 0.25) is 5.02 Å². The van der Waals surface area contributed by atoms with Crippen molar-refractivity contribution in [2.75, 3.05) is 4.72 Å². The number of sulfonamides is 1. The van der Waals surface area contributed by atoms with Gasteiger partial charge in [0.05, 0.1) is 29.2 Å². The van der Waals surface area contributed by atoms with Crippen molar-refractivity contribution in [3.63, 3.8) is 0 Å². The number of halogens is 1. The lowest BCUT2D eigenvalue weighted by atomic mass is 10.2. The highest BCUT2D eigenvalue weighted by molar-refractivity contribution is 7.92. The van der Waals surface area contributed by atoms with Crippen LogP contribution in [-0.4, -0.2) is 23.7 Å². The average Bonchev–Trinajstić information content (AvgIpc) is 3.41. The van der Waals surface area contributed by atoms with Gasteiger partial charge >= 0.3 is 0 Å². The van der Waals surface area contributed by atoms with Crippen molar-refractivity contribution in [3.05, 3.63) is 99.3 Å². The molecule has 0 saturated heterocycles. The first-order valence-corrected chi connectivity index (χ1v) is 12.0. The van der Waals surface area contributed by atoms with Gasteiger partial charge in [-0.1, -0.05) is 29.8 Å². The number of anilines is 1. The quantitative estimate of drug-likeness (QED) is 0.403. The van der Waals surface area contributed by atoms with Crippen LogP contribution in [0.15, 0.2) is 81.0 Å². The molecule has 2 N–H and O–H groups in total. The molecule has 2 aromatic carbocycles. The van der Waals surface area contributed by atoms with Gasteiger partial charge in [0.25, 0.3) is 21.5 Å². The molecular weight excluding hydrogens is 480 g/mol. The molecule has 0 bridgehead atoms. The maximum Gasteiger partial charge on any atom is 0.296 e. The van der Waals surface area contributed by atoms with Crippen molar-refractivity contribution in [3.8, 4) is 5.69 Å². The van der Waals surface area contributed by atoms with E-state index in [2.05, 4.69) is 10.0 Å². The summed E-state index contributed by atoms with van der Waals surface area (Å²) in [6, 6.07) is 16.1. The minimum Gasteiger partial charge on any atom is -0.467 e. The monoisotopic (exact) mass is 500 g/mol. The van der Waals surface area contributed by atoms with E-state index in [0.29, 0.717) is 17.1 Å². The number of furan rings is 1. The fourth-order valence-electron chi connectivity index (χ4n) is 3.41. The van der Waals surface area contributed by atoms with Gasteiger partial charge in [-0.2, -0.15) is 0 Å². The minimum absolute atomic E-state index is 0.0859. The van der Waals surface area contributed by atoms with Crippen LogP contribution in [0.25, 0.3) is 5.69 Å². The van der Waals surface area contributed by atoms with Crippen LogP contribution in [0, 0.1) is 6.92 Å². The normalized spacial score (nSPS) is 11.4. The van der Waals surface area contributed by atoms with Gasteiger partial charge in [0, 0.05) is 12.6 Å². The zero-order valence-corrected chi connectivity index (χ0v) is 19.9. The molecule has 0 aliphatic heterocycles. The van der Waals surface area contributed by atoms with Gasteiger partial charge in [0.15, 0.2) is 0 Å². The predicted octanol–water partition coefficient (Wildman–Crippen LogP) is 3.46. The van der Waals surface area contributed by atoms with E-state index in [1.165, 1.54) is 23.1 Å². The Bertz CT molecular complexity index is 1510. The first kappa shape index (κ1) is 23.4. The Morgan fingerprint density at radius 3 is 2.50 bits per heavy atom. The molecule has 0 aliphatic rings. The van der Waals surface area contributed by atoms with E-state index < -0.39 is 21.5 Å². The number of aromatic nitrogens is 2. The number of nitrogens with zero attached hydrogens (tertiary/aromatic N) is 2. The van der Waals surface area contributed by atoms with E-state index >= 15 is 0 Å². The lowest BCUT2D eigenvalue weighted by Gasteiger charge is -2.10. The molecule has 11 heteroatoms. The molecule has 0 aliphatic carbocycles. The van der Waals surface area contributed by atoms with Crippen LogP contribution < -0.4 is 15.6 Å². The van der Waals surface area contributed by atoms with E-state index in [0.717, 1.165) is 6.07 Å². The Labute approximate surface area is 200 Å². The standard InChI is InChI=1S/C23H21ClN4O5S/c1-15-21(23(30)28(27(15)2)17-7-4-3-5-8-17)26-34(31,32)20-13-16(10-11-19(20)24)22(29)25-14-18-9-6-12-33-18/h3-13,26H,14H2,1-2H3,(H,25,29). The number of amides is 1. The summed E-state index contributed by atoms with van der Waals surface area (Å²) in [4.78, 5) is 25.3. The molecule has 2 aromatic heterocycles. The van der Waals surface area contributed by atoms with Crippen LogP contribution in [0.3, 0.4) is 0 Å². The molecule has 1 amide bonds. The van der Waals surface area contributed by atoms with E-state index in [1.807, 2.05) is 6.07 Å². The zero-order valence-electron chi connectivity index (χ0n) is 18.3. The number of rotatable bonds is 7. The number of carbonyl (C=O) groups is 1. The minimum atomic E-state index is -4.30. The Morgan fingerprint density at radius 2 is 1.82 bits per heavy atom. The van der Waals surface area contributed by atoms with E-state index in [1.54, 1.807) is 55.1 Å². The van der Waals surface area contributed by atoms with Gasteiger partial charge in [-0.05, 0) is 49.4 Å². The Kier molecular flexibility index (Phi) is 6.36. The highest BCUT2D eigenvalue weighted by Crippen LogP contribution is 2.26. The molecule has 9 nitrogen and oxygen atoms in total. The fraction of sp³-hybridized carbons (Fsp3) is 0.130. The average molecular weight is 501 g/mol. The molecule has 0 radical (unpaired) electrons. The molecule has 0 atom stereocenters. The summed E-state index contributed by atoms with van der Waals surface area (Å²) in [7, 11) is -2.64. The smallest absolute Gasteiger partial charge is 0.296 e. The second-order valence-corrected chi connectivity index (χ2v) is 9.51. The summed E-state index contributed by atoms with van der Waals surface area (Å²) in [5, 5.41) is 2.56. The van der Waals surface area contributed by atoms with Crippen LogP contribution in [0.5, 0.6) is 0 Å². The molecule has 0 unspecified atom stereocenters. The van der Waals surface area contributed by atoms with Gasteiger partial charge in [-0.3, -0.25) is 19.0 Å². The van der Waals surface area contributed by atoms with Gasteiger partial charge in [0.2, 0.25) is 0 Å². The number of hydrogen-bond acceptors (Lipinski definition) is 5. The van der Waals surface area contributed by atoms with E-state index in [-0.39, 0.29) is 27.7 Å². The third kappa shape index (κ3) is 4.50. The Hall–Kier alpha value is -3.76. The second-order valence-electron chi connectivity index (χ2n) is 7.45. The molecule has 2 heterocycles. The van der Waals surface area contributed by atoms with Gasteiger partial charge in [0.1, 0.15) is 16.3 Å². The summed E-state index contributed by atoms with van der Waals surface area (Å²) >= 11 is 6.17. The summed E-state index contributed by atoms with van der Waals surface area (Å²) in [6.45, 7) is 1.76. The largest absolute Gasteiger partial charge is 0.467 e. The lowest BCUT2D eigenvalue weighted by molar-refractivity contribution is 0.0948. The van der Waals surface area contributed by atoms with Crippen molar-refractivity contribution in [1.82, 2.24) is 14.7 Å². The summed E-state index contributed by atoms with van der Waals surface area (Å²) in [6.07, 6.45) is 1.48. The third-order valence-corrected chi connectivity index (χ3v) is 7.11. The van der Waals surface area contributed by atoms with Crippen molar-refractivity contribution in [2.45, 2.75) is 18.4 Å². The molecule has 0 spiro atoms. The molecule has 4 aromatic rings. The number of nitrogens with one attached hydrogen (secondary N) is 2. The predicted molar refractivity (Wildman–Crippen MR) is 128 cm³/mol. The van der Waals surface area contributed by atoms with Crippen LogP contribution in [0.4, 0.5) is 5.69 Å². The maximum atomic E-state index is 13.2. The van der Waals surface area contributed by atoms with Crippen molar-refractivity contribution < 1.29 is 17.6 Å². The SMILES string of the molecule is Cc1c(NS(=O)(=O)c2cc(C(=O)NCc3ccco3)ccc2Cl)c(=O)n(-c2ccccc2)n1C. The summed E-state index contributed by atoms with van der Waals surface area (Å²) < 4.78 is 36.8. The third-order valence-electron chi connectivity index (χ3n) is 5.28. The van der Waals surface area contributed by atoms with Crippen LogP contribution in [-0.2, 0) is 23.6 Å². The fourth-order valence-corrected chi connectivity index (χ4v) is 5.05. The Balaban J connectivity index is 1.65. The highest BCUT2D eigenvalue weighted by Gasteiger charge is 2.25. The molecule has 34 heavy (non-hydrogen) atoms. The number of carbonyl (C=O) groups excluding carboxylic acids is 1. The number of para-hydroxylation sites is 1. The lowest BCUT2D eigenvalue weighted by Crippen LogP contribution is -2.24. The van der Waals surface area contributed by atoms with E-state index in [9.17, 15) is 18.0 Å². The van der Waals surface area contributed by atoms with Crippen molar-refractivity contribution >= 4 is 33.2 Å². The second kappa shape index (κ2) is 9.24. The zero-order chi connectivity index (χ0) is 24.5. The van der Waals surface area contributed by atoms with Crippen LogP contribution >= 0.6 is 11.6 Å². The van der Waals surface area contributed by atoms with E-state index in [4.69, 9.17) is 16.0 Å². The van der Waals surface area contributed by atoms with Crippen molar-refractivity contribution in [1.29, 1.82) is 0 Å². The first-order chi connectivity index (χ1) is 16.2. The topological polar surface area (TPSA) is 115 Å². The molecule has 0 saturated carbocycles. The molecular formula is C23H21ClN4O5S. The highest BCUT2D eigenvalue weighted by atomic mass is 35.5. The number of benzene rings is 2. The van der Waals surface area contributed by atoms with Gasteiger partial charge in [-0.15, -0.1) is 0 Å². The summed E-state index contributed by atoms with van der Waals surface area (Å²) in [5.41, 5.74) is 0.411. The first-order valence-electron chi connectivity index (χ1n) is 10.2. The maximum absolute atomic E-state index is 13.2. The Morgan fingerprint density at radius 1 is 1.09 bits per heavy atom. The van der Waals surface area contributed by atoms with Gasteiger partial charge in [-0.25, -0.2) is 13.1 Å².